The van der Waals surface area contributed by atoms with Crippen LogP contribution >= 0.6 is 15.9 Å². The van der Waals surface area contributed by atoms with E-state index in [-0.39, 0.29) is 12.7 Å². The largest absolute Gasteiger partial charge is 0.486 e. The molecule has 0 aromatic heterocycles. The number of hydrogen-bond donors (Lipinski definition) is 1. The Morgan fingerprint density at radius 2 is 2.36 bits per heavy atom. The first-order chi connectivity index (χ1) is 6.74. The Labute approximate surface area is 92.0 Å². The van der Waals surface area contributed by atoms with E-state index in [1.54, 1.807) is 0 Å². The van der Waals surface area contributed by atoms with Crippen LogP contribution in [0.3, 0.4) is 0 Å². The number of aliphatic hydroxyl groups excluding tert-OH is 1. The third-order valence-electron chi connectivity index (χ3n) is 2.52. The van der Waals surface area contributed by atoms with E-state index in [1.807, 2.05) is 0 Å². The van der Waals surface area contributed by atoms with Crippen LogP contribution in [0.25, 0.3) is 0 Å². The summed E-state index contributed by atoms with van der Waals surface area (Å²) in [7, 11) is 0. The SMILES string of the molecule is CCc1cc(Br)c2c(c1)CC(CO)O2. The van der Waals surface area contributed by atoms with Gasteiger partial charge in [0.25, 0.3) is 0 Å². The van der Waals surface area contributed by atoms with Crippen LogP contribution in [0.5, 0.6) is 5.75 Å². The van der Waals surface area contributed by atoms with E-state index in [0.29, 0.717) is 0 Å². The highest BCUT2D eigenvalue weighted by atomic mass is 79.9. The third-order valence-corrected chi connectivity index (χ3v) is 3.11. The molecule has 1 aliphatic rings. The van der Waals surface area contributed by atoms with Crippen LogP contribution in [0.1, 0.15) is 18.1 Å². The second-order valence-corrected chi connectivity index (χ2v) is 4.40. The zero-order chi connectivity index (χ0) is 10.1. The molecule has 0 aliphatic carbocycles. The minimum Gasteiger partial charge on any atom is -0.486 e. The van der Waals surface area contributed by atoms with Crippen molar-refractivity contribution in [2.24, 2.45) is 0 Å². The topological polar surface area (TPSA) is 29.5 Å². The molecule has 2 nitrogen and oxygen atoms in total. The molecule has 1 unspecified atom stereocenters. The van der Waals surface area contributed by atoms with Gasteiger partial charge < -0.3 is 9.84 Å². The van der Waals surface area contributed by atoms with Gasteiger partial charge in [0.2, 0.25) is 0 Å². The van der Waals surface area contributed by atoms with Crippen LogP contribution in [-0.2, 0) is 12.8 Å². The zero-order valence-electron chi connectivity index (χ0n) is 8.09. The molecular weight excluding hydrogens is 244 g/mol. The van der Waals surface area contributed by atoms with Crippen LogP contribution in [0.15, 0.2) is 16.6 Å². The third kappa shape index (κ3) is 1.66. The maximum atomic E-state index is 9.02. The fraction of sp³-hybridized carbons (Fsp3) is 0.455. The van der Waals surface area contributed by atoms with E-state index < -0.39 is 0 Å². The van der Waals surface area contributed by atoms with Gasteiger partial charge in [0.15, 0.2) is 0 Å². The summed E-state index contributed by atoms with van der Waals surface area (Å²) >= 11 is 3.49. The number of ether oxygens (including phenoxy) is 1. The van der Waals surface area contributed by atoms with Gasteiger partial charge in [-0.3, -0.25) is 0 Å². The summed E-state index contributed by atoms with van der Waals surface area (Å²) in [5.41, 5.74) is 2.51. The molecule has 3 heteroatoms. The van der Waals surface area contributed by atoms with Gasteiger partial charge in [-0.25, -0.2) is 0 Å². The minimum atomic E-state index is -0.0617. The first kappa shape index (κ1) is 9.99. The molecular formula is C11H13BrO2. The molecule has 76 valence electrons. The van der Waals surface area contributed by atoms with Crippen molar-refractivity contribution in [3.63, 3.8) is 0 Å². The molecule has 2 rings (SSSR count). The molecule has 0 saturated heterocycles. The Balaban J connectivity index is 2.37. The predicted molar refractivity (Wildman–Crippen MR) is 58.7 cm³/mol. The normalized spacial score (nSPS) is 19.2. The van der Waals surface area contributed by atoms with Crippen LogP contribution in [0.2, 0.25) is 0 Å². The number of aryl methyl sites for hydroxylation is 1. The summed E-state index contributed by atoms with van der Waals surface area (Å²) in [5, 5.41) is 9.02. The molecule has 0 saturated carbocycles. The molecule has 1 aromatic carbocycles. The predicted octanol–water partition coefficient (Wildman–Crippen LogP) is 2.31. The van der Waals surface area contributed by atoms with E-state index >= 15 is 0 Å². The standard InChI is InChI=1S/C11H13BrO2/c1-2-7-3-8-5-9(6-13)14-11(8)10(12)4-7/h3-4,9,13H,2,5-6H2,1H3. The maximum Gasteiger partial charge on any atom is 0.137 e. The van der Waals surface area contributed by atoms with Crippen molar-refractivity contribution in [3.05, 3.63) is 27.7 Å². The average Bonchev–Trinajstić information content (AvgIpc) is 2.61. The Morgan fingerprint density at radius 1 is 1.57 bits per heavy atom. The average molecular weight is 257 g/mol. The number of halogens is 1. The number of rotatable bonds is 2. The van der Waals surface area contributed by atoms with Crippen molar-refractivity contribution in [1.82, 2.24) is 0 Å². The second-order valence-electron chi connectivity index (χ2n) is 3.55. The highest BCUT2D eigenvalue weighted by Gasteiger charge is 2.24. The van der Waals surface area contributed by atoms with Gasteiger partial charge in [0.05, 0.1) is 11.1 Å². The van der Waals surface area contributed by atoms with Gasteiger partial charge in [-0.1, -0.05) is 13.0 Å². The first-order valence-electron chi connectivity index (χ1n) is 4.83. The summed E-state index contributed by atoms with van der Waals surface area (Å²) in [5.74, 6) is 0.904. The van der Waals surface area contributed by atoms with Gasteiger partial charge in [0, 0.05) is 6.42 Å². The van der Waals surface area contributed by atoms with E-state index in [2.05, 4.69) is 35.0 Å². The van der Waals surface area contributed by atoms with E-state index in [0.717, 1.165) is 23.1 Å². The Kier molecular flexibility index (Phi) is 2.79. The molecule has 14 heavy (non-hydrogen) atoms. The smallest absolute Gasteiger partial charge is 0.137 e. The Hall–Kier alpha value is -0.540. The molecule has 0 amide bonds. The monoisotopic (exact) mass is 256 g/mol. The van der Waals surface area contributed by atoms with Crippen molar-refractivity contribution in [2.45, 2.75) is 25.9 Å². The fourth-order valence-electron chi connectivity index (χ4n) is 1.76. The molecule has 1 heterocycles. The van der Waals surface area contributed by atoms with Crippen molar-refractivity contribution >= 4 is 15.9 Å². The van der Waals surface area contributed by atoms with E-state index in [1.165, 1.54) is 11.1 Å². The summed E-state index contributed by atoms with van der Waals surface area (Å²) in [6, 6.07) is 4.24. The van der Waals surface area contributed by atoms with Crippen molar-refractivity contribution < 1.29 is 9.84 Å². The Bertz CT molecular complexity index is 349. The van der Waals surface area contributed by atoms with Crippen molar-refractivity contribution in [3.8, 4) is 5.75 Å². The number of hydrogen-bond acceptors (Lipinski definition) is 2. The Morgan fingerprint density at radius 3 is 3.00 bits per heavy atom. The number of benzene rings is 1. The molecule has 0 radical (unpaired) electrons. The van der Waals surface area contributed by atoms with E-state index in [4.69, 9.17) is 9.84 Å². The summed E-state index contributed by atoms with van der Waals surface area (Å²) in [4.78, 5) is 0. The zero-order valence-corrected chi connectivity index (χ0v) is 9.67. The highest BCUT2D eigenvalue weighted by Crippen LogP contribution is 2.37. The lowest BCUT2D eigenvalue weighted by molar-refractivity contribution is 0.134. The minimum absolute atomic E-state index is 0.0617. The lowest BCUT2D eigenvalue weighted by atomic mass is 10.1. The number of fused-ring (bicyclic) bond motifs is 1. The van der Waals surface area contributed by atoms with Crippen LogP contribution in [-0.4, -0.2) is 17.8 Å². The lowest BCUT2D eigenvalue weighted by Crippen LogP contribution is -2.17. The van der Waals surface area contributed by atoms with Gasteiger partial charge in [0.1, 0.15) is 11.9 Å². The quantitative estimate of drug-likeness (QED) is 0.880. The maximum absolute atomic E-state index is 9.02. The van der Waals surface area contributed by atoms with Gasteiger partial charge in [-0.15, -0.1) is 0 Å². The fourth-order valence-corrected chi connectivity index (χ4v) is 2.40. The number of aliphatic hydroxyl groups is 1. The van der Waals surface area contributed by atoms with Crippen molar-refractivity contribution in [2.75, 3.05) is 6.61 Å². The molecule has 1 aliphatic heterocycles. The van der Waals surface area contributed by atoms with Gasteiger partial charge >= 0.3 is 0 Å². The summed E-state index contributed by atoms with van der Waals surface area (Å²) in [6.07, 6.45) is 1.78. The van der Waals surface area contributed by atoms with Gasteiger partial charge in [-0.05, 0) is 39.5 Å². The van der Waals surface area contributed by atoms with Crippen LogP contribution < -0.4 is 4.74 Å². The summed E-state index contributed by atoms with van der Waals surface area (Å²) in [6.45, 7) is 2.22. The van der Waals surface area contributed by atoms with Gasteiger partial charge in [-0.2, -0.15) is 0 Å². The molecule has 0 fully saturated rings. The van der Waals surface area contributed by atoms with E-state index in [9.17, 15) is 0 Å². The molecule has 0 bridgehead atoms. The van der Waals surface area contributed by atoms with Crippen LogP contribution in [0.4, 0.5) is 0 Å². The molecule has 1 aromatic rings. The molecule has 0 spiro atoms. The molecule has 1 N–H and O–H groups in total. The van der Waals surface area contributed by atoms with Crippen LogP contribution in [0, 0.1) is 0 Å². The molecule has 1 atom stereocenters. The van der Waals surface area contributed by atoms with Crippen molar-refractivity contribution in [1.29, 1.82) is 0 Å². The second kappa shape index (κ2) is 3.91. The highest BCUT2D eigenvalue weighted by molar-refractivity contribution is 9.10. The first-order valence-corrected chi connectivity index (χ1v) is 5.62. The lowest BCUT2D eigenvalue weighted by Gasteiger charge is -2.07. The summed E-state index contributed by atoms with van der Waals surface area (Å²) < 4.78 is 6.59.